The van der Waals surface area contributed by atoms with E-state index in [1.54, 1.807) is 0 Å². The molecule has 4 atom stereocenters. The molecule has 0 aliphatic heterocycles. The zero-order chi connectivity index (χ0) is 43.2. The molecule has 6 heteroatoms. The molecule has 60 heavy (non-hydrogen) atoms. The minimum Gasteiger partial charge on any atom is -0.496 e. The van der Waals surface area contributed by atoms with Crippen LogP contribution in [0.15, 0.2) is 83.3 Å². The third-order valence-corrected chi connectivity index (χ3v) is 21.5. The van der Waals surface area contributed by atoms with Gasteiger partial charge in [-0.15, -0.1) is 11.8 Å². The third kappa shape index (κ3) is 9.26. The van der Waals surface area contributed by atoms with Crippen LogP contribution in [0.4, 0.5) is 11.4 Å². The van der Waals surface area contributed by atoms with Crippen LogP contribution in [0.1, 0.15) is 141 Å². The molecule has 4 nitrogen and oxygen atoms in total. The van der Waals surface area contributed by atoms with Gasteiger partial charge in [0.1, 0.15) is 5.75 Å². The Balaban J connectivity index is 1.20. The Hall–Kier alpha value is -3.24. The van der Waals surface area contributed by atoms with Crippen molar-refractivity contribution >= 4 is 37.5 Å². The summed E-state index contributed by atoms with van der Waals surface area (Å²) in [5, 5.41) is 10.4. The predicted molar refractivity (Wildman–Crippen MR) is 258 cm³/mol. The van der Waals surface area contributed by atoms with Crippen molar-refractivity contribution in [2.75, 3.05) is 25.2 Å². The van der Waals surface area contributed by atoms with Gasteiger partial charge in [0, 0.05) is 39.7 Å². The fourth-order valence-electron chi connectivity index (χ4n) is 11.5. The first-order chi connectivity index (χ1) is 28.3. The lowest BCUT2D eigenvalue weighted by Crippen LogP contribution is -2.42. The van der Waals surface area contributed by atoms with Gasteiger partial charge in [0.2, 0.25) is 0 Å². The fourth-order valence-corrected chi connectivity index (χ4v) is 14.3. The van der Waals surface area contributed by atoms with Gasteiger partial charge >= 0.3 is 0 Å². The van der Waals surface area contributed by atoms with Crippen LogP contribution in [0, 0.1) is 40.4 Å². The maximum absolute atomic E-state index is 10.0. The van der Waals surface area contributed by atoms with E-state index in [1.807, 2.05) is 24.9 Å². The molecule has 322 valence electrons. The normalized spacial score (nSPS) is 26.8. The number of allylic oxidation sites excluding steroid dienone is 2. The molecule has 3 aromatic carbocycles. The smallest absolute Gasteiger partial charge is 0.192 e. The number of rotatable bonds is 14. The number of hydrogen-bond acceptors (Lipinski definition) is 5. The molecule has 5 aliphatic rings. The molecule has 0 spiro atoms. The van der Waals surface area contributed by atoms with Crippen molar-refractivity contribution in [3.8, 4) is 11.8 Å². The molecule has 5 aliphatic carbocycles. The first kappa shape index (κ1) is 44.8. The lowest BCUT2D eigenvalue weighted by atomic mass is 9.65. The molecule has 5 saturated carbocycles. The van der Waals surface area contributed by atoms with Crippen LogP contribution >= 0.6 is 11.8 Å². The van der Waals surface area contributed by atoms with Crippen LogP contribution in [-0.4, -0.2) is 33.8 Å². The van der Waals surface area contributed by atoms with Crippen molar-refractivity contribution in [3.63, 3.8) is 0 Å². The lowest BCUT2D eigenvalue weighted by Gasteiger charge is -2.41. The highest BCUT2D eigenvalue weighted by atomic mass is 32.2. The van der Waals surface area contributed by atoms with Crippen molar-refractivity contribution in [1.82, 2.24) is 0 Å². The highest BCUT2D eigenvalue weighted by Gasteiger charge is 2.57. The molecule has 0 aromatic heterocycles. The summed E-state index contributed by atoms with van der Waals surface area (Å²) >= 11 is 2.01. The monoisotopic (exact) mass is 843 g/mol. The Morgan fingerprint density at radius 1 is 0.900 bits per heavy atom. The van der Waals surface area contributed by atoms with E-state index in [-0.39, 0.29) is 21.1 Å². The van der Waals surface area contributed by atoms with Gasteiger partial charge in [0.15, 0.2) is 8.32 Å². The molecular formula is C54H74N2O2SSi. The Morgan fingerprint density at radius 3 is 2.10 bits per heavy atom. The van der Waals surface area contributed by atoms with E-state index in [1.165, 1.54) is 76.2 Å². The molecule has 0 amide bonds. The van der Waals surface area contributed by atoms with E-state index in [2.05, 4.69) is 159 Å². The van der Waals surface area contributed by atoms with E-state index < -0.39 is 8.32 Å². The second-order valence-electron chi connectivity index (χ2n) is 22.0. The minimum atomic E-state index is -1.93. The van der Waals surface area contributed by atoms with E-state index in [0.717, 1.165) is 42.9 Å². The molecule has 0 saturated heterocycles. The Morgan fingerprint density at radius 2 is 1.53 bits per heavy atom. The maximum Gasteiger partial charge on any atom is 0.192 e. The number of anilines is 2. The second-order valence-corrected chi connectivity index (χ2v) is 28.0. The Kier molecular flexibility index (Phi) is 13.1. The summed E-state index contributed by atoms with van der Waals surface area (Å²) in [5.74, 6) is 4.86. The van der Waals surface area contributed by atoms with Gasteiger partial charge < -0.3 is 14.1 Å². The van der Waals surface area contributed by atoms with Crippen molar-refractivity contribution in [3.05, 3.63) is 101 Å². The molecule has 0 radical (unpaired) electrons. The van der Waals surface area contributed by atoms with Gasteiger partial charge in [-0.25, -0.2) is 0 Å². The topological polar surface area (TPSA) is 45.5 Å². The van der Waals surface area contributed by atoms with Crippen LogP contribution in [0.25, 0.3) is 6.08 Å². The standard InChI is InChI=1S/C54H74N2O2SSi/c1-36(2)46-14-13-15-47(37(3)4)51(46)59-50-40(32-53(8,9)33-41(50)24-25-55)19-16-38-17-20-44(21-18-38)56(26-27-58-60(11,12)52(5,6)7)45-22-23-49(57-10)48(30-45)54-31-39-28-42(34-54)43(29-39)35-54/h13-24,30,36-37,39-40,42-43,50H,26-29,31-35H2,1-12H3/b19-16+,41-24+. The average molecular weight is 843 g/mol. The predicted octanol–water partition coefficient (Wildman–Crippen LogP) is 15.2. The summed E-state index contributed by atoms with van der Waals surface area (Å²) in [4.78, 5) is 3.90. The van der Waals surface area contributed by atoms with Gasteiger partial charge in [-0.2, -0.15) is 5.26 Å². The van der Waals surface area contributed by atoms with E-state index in [9.17, 15) is 5.26 Å². The molecule has 8 rings (SSSR count). The summed E-state index contributed by atoms with van der Waals surface area (Å²) in [6.07, 6.45) is 15.5. The van der Waals surface area contributed by atoms with Crippen LogP contribution in [0.3, 0.4) is 0 Å². The van der Waals surface area contributed by atoms with Gasteiger partial charge in [-0.1, -0.05) is 105 Å². The number of nitrogens with zero attached hydrogens (tertiary/aromatic N) is 2. The van der Waals surface area contributed by atoms with Crippen molar-refractivity contribution in [2.24, 2.45) is 29.1 Å². The van der Waals surface area contributed by atoms with Crippen molar-refractivity contribution in [2.45, 2.75) is 153 Å². The quantitative estimate of drug-likeness (QED) is 0.119. The van der Waals surface area contributed by atoms with Gasteiger partial charge in [0.05, 0.1) is 19.8 Å². The number of hydrogen-bond donors (Lipinski definition) is 0. The summed E-state index contributed by atoms with van der Waals surface area (Å²) in [7, 11) is -0.0734. The van der Waals surface area contributed by atoms with Crippen LogP contribution < -0.4 is 9.64 Å². The zero-order valence-electron chi connectivity index (χ0n) is 39.0. The van der Waals surface area contributed by atoms with Gasteiger partial charge in [0.25, 0.3) is 0 Å². The molecule has 4 bridgehead atoms. The summed E-state index contributed by atoms with van der Waals surface area (Å²) in [6.45, 7) is 27.1. The maximum atomic E-state index is 10.0. The van der Waals surface area contributed by atoms with Crippen LogP contribution in [-0.2, 0) is 9.84 Å². The molecule has 0 N–H and O–H groups in total. The molecular weight excluding hydrogens is 769 g/mol. The lowest BCUT2D eigenvalue weighted by molar-refractivity contribution is 0.223. The Bertz CT molecular complexity index is 2050. The van der Waals surface area contributed by atoms with Gasteiger partial charge in [-0.05, 0) is 162 Å². The average Bonchev–Trinajstić information content (AvgIpc) is 3.61. The van der Waals surface area contributed by atoms with E-state index in [0.29, 0.717) is 24.4 Å². The second kappa shape index (κ2) is 17.5. The Labute approximate surface area is 369 Å². The molecule has 0 heterocycles. The van der Waals surface area contributed by atoms with Crippen LogP contribution in [0.5, 0.6) is 5.75 Å². The SMILES string of the molecule is COc1ccc(N(CCO[Si](C)(C)C(C)(C)C)c2ccc(/C=C/C3CC(C)(C)C/C(=C\C#N)C3Sc3c(C(C)C)cccc3C(C)C)cc2)cc1C12CC3CC(C1)C(C3)C2. The number of ether oxygens (including phenoxy) is 1. The van der Waals surface area contributed by atoms with Gasteiger partial charge in [-0.3, -0.25) is 0 Å². The zero-order valence-corrected chi connectivity index (χ0v) is 40.8. The summed E-state index contributed by atoms with van der Waals surface area (Å²) in [6, 6.07) is 25.5. The van der Waals surface area contributed by atoms with Crippen molar-refractivity contribution in [1.29, 1.82) is 5.26 Å². The van der Waals surface area contributed by atoms with Crippen LogP contribution in [0.2, 0.25) is 18.1 Å². The fraction of sp³-hybridized carbons (Fsp3) is 0.574. The van der Waals surface area contributed by atoms with E-state index in [4.69, 9.17) is 9.16 Å². The highest BCUT2D eigenvalue weighted by Crippen LogP contribution is 2.66. The minimum absolute atomic E-state index is 0.109. The van der Waals surface area contributed by atoms with Crippen molar-refractivity contribution < 1.29 is 9.16 Å². The number of methoxy groups -OCH3 is 1. The first-order valence-corrected chi connectivity index (χ1v) is 26.9. The summed E-state index contributed by atoms with van der Waals surface area (Å²) in [5.41, 5.74) is 9.50. The number of thioether (sulfide) groups is 1. The third-order valence-electron chi connectivity index (χ3n) is 15.4. The molecule has 4 unspecified atom stereocenters. The van der Waals surface area contributed by atoms with E-state index >= 15 is 0 Å². The first-order valence-electron chi connectivity index (χ1n) is 23.1. The highest BCUT2D eigenvalue weighted by molar-refractivity contribution is 8.00. The number of nitriles is 1. The largest absolute Gasteiger partial charge is 0.496 e. The summed E-state index contributed by atoms with van der Waals surface area (Å²) < 4.78 is 13.0. The number of benzene rings is 3. The molecule has 5 fully saturated rings. The molecule has 3 aromatic rings.